The molecule has 2 fully saturated rings. The average Bonchev–Trinajstić information content (AvgIpc) is 3.61. The van der Waals surface area contributed by atoms with Crippen LogP contribution in [0.1, 0.15) is 97.1 Å². The van der Waals surface area contributed by atoms with Crippen molar-refractivity contribution in [1.82, 2.24) is 0 Å². The van der Waals surface area contributed by atoms with E-state index in [-0.39, 0.29) is 35.5 Å². The first kappa shape index (κ1) is 22.8. The maximum absolute atomic E-state index is 11.9. The van der Waals surface area contributed by atoms with Gasteiger partial charge in [-0.05, 0) is 36.1 Å². The van der Waals surface area contributed by atoms with E-state index < -0.39 is 11.9 Å². The summed E-state index contributed by atoms with van der Waals surface area (Å²) < 4.78 is 11.6. The fourth-order valence-corrected chi connectivity index (χ4v) is 4.38. The van der Waals surface area contributed by atoms with E-state index in [1.807, 2.05) is 0 Å². The first-order valence-electron chi connectivity index (χ1n) is 11.4. The number of ether oxygens (including phenoxy) is 2. The molecular weight excluding hydrogens is 384 g/mol. The van der Waals surface area contributed by atoms with Gasteiger partial charge in [0.25, 0.3) is 0 Å². The van der Waals surface area contributed by atoms with Crippen LogP contribution < -0.4 is 0 Å². The summed E-state index contributed by atoms with van der Waals surface area (Å²) in [5.41, 5.74) is 1.57. The lowest BCUT2D eigenvalue weighted by molar-refractivity contribution is 0.0678. The third-order valence-electron chi connectivity index (χ3n) is 6.26. The normalized spacial score (nSPS) is 24.6. The summed E-state index contributed by atoms with van der Waals surface area (Å²) in [6.07, 6.45) is 9.89. The molecule has 0 amide bonds. The number of hydrogen-bond donors (Lipinski definition) is 2. The number of rotatable bonds is 14. The van der Waals surface area contributed by atoms with Gasteiger partial charge in [0.2, 0.25) is 0 Å². The second-order valence-electron chi connectivity index (χ2n) is 8.55. The third-order valence-corrected chi connectivity index (χ3v) is 6.26. The maximum Gasteiger partial charge on any atom is 0.335 e. The minimum absolute atomic E-state index is 0.0248. The number of aromatic carboxylic acids is 2. The predicted molar refractivity (Wildman–Crippen MR) is 113 cm³/mol. The molecule has 2 heterocycles. The number of unbranched alkanes of at least 4 members (excludes halogenated alkanes) is 4. The van der Waals surface area contributed by atoms with Gasteiger partial charge in [-0.15, -0.1) is 0 Å². The zero-order valence-electron chi connectivity index (χ0n) is 18.1. The first-order chi connectivity index (χ1) is 14.5. The second kappa shape index (κ2) is 10.4. The highest BCUT2D eigenvalue weighted by Crippen LogP contribution is 2.37. The molecule has 1 aromatic carbocycles. The van der Waals surface area contributed by atoms with Crippen LogP contribution in [0.3, 0.4) is 0 Å². The van der Waals surface area contributed by atoms with Crippen LogP contribution in [0.4, 0.5) is 0 Å². The van der Waals surface area contributed by atoms with Crippen LogP contribution >= 0.6 is 0 Å². The van der Waals surface area contributed by atoms with E-state index in [2.05, 4.69) is 13.8 Å². The predicted octanol–water partition coefficient (Wildman–Crippen LogP) is 4.86. The van der Waals surface area contributed by atoms with Gasteiger partial charge in [0.15, 0.2) is 0 Å². The number of carboxylic acid groups (broad SMARTS) is 2. The van der Waals surface area contributed by atoms with Crippen LogP contribution in [0.25, 0.3) is 0 Å². The molecule has 4 atom stereocenters. The summed E-state index contributed by atoms with van der Waals surface area (Å²) in [4.78, 5) is 23.7. The largest absolute Gasteiger partial charge is 0.478 e. The highest BCUT2D eigenvalue weighted by molar-refractivity contribution is 5.95. The van der Waals surface area contributed by atoms with E-state index >= 15 is 0 Å². The molecule has 4 unspecified atom stereocenters. The Balaban J connectivity index is 1.76. The molecule has 6 nitrogen and oxygen atoms in total. The minimum atomic E-state index is -1.03. The lowest BCUT2D eigenvalue weighted by atomic mass is 9.88. The van der Waals surface area contributed by atoms with E-state index in [1.165, 1.54) is 12.1 Å². The Morgan fingerprint density at radius 3 is 1.47 bits per heavy atom. The number of epoxide rings is 2. The van der Waals surface area contributed by atoms with Crippen LogP contribution in [-0.4, -0.2) is 46.6 Å². The van der Waals surface area contributed by atoms with E-state index in [9.17, 15) is 19.8 Å². The number of benzene rings is 1. The van der Waals surface area contributed by atoms with Crippen molar-refractivity contribution < 1.29 is 29.3 Å². The van der Waals surface area contributed by atoms with E-state index in [4.69, 9.17) is 9.47 Å². The van der Waals surface area contributed by atoms with Gasteiger partial charge in [0, 0.05) is 12.8 Å². The summed E-state index contributed by atoms with van der Waals surface area (Å²) in [7, 11) is 0. The third kappa shape index (κ3) is 5.82. The Labute approximate surface area is 178 Å². The Kier molecular flexibility index (Phi) is 7.89. The topological polar surface area (TPSA) is 99.7 Å². The van der Waals surface area contributed by atoms with Gasteiger partial charge >= 0.3 is 11.9 Å². The molecule has 0 saturated carbocycles. The Bertz CT molecular complexity index is 695. The molecule has 2 saturated heterocycles. The molecule has 0 radical (unpaired) electrons. The van der Waals surface area contributed by atoms with Crippen molar-refractivity contribution in [3.8, 4) is 0 Å². The second-order valence-corrected chi connectivity index (χ2v) is 8.55. The van der Waals surface area contributed by atoms with Crippen molar-refractivity contribution in [2.75, 3.05) is 0 Å². The fourth-order valence-electron chi connectivity index (χ4n) is 4.38. The molecular formula is C24H34O6. The molecule has 0 bridgehead atoms. The van der Waals surface area contributed by atoms with Gasteiger partial charge in [-0.1, -0.05) is 52.4 Å². The Morgan fingerprint density at radius 2 is 1.13 bits per heavy atom. The molecule has 2 aliphatic heterocycles. The smallest absolute Gasteiger partial charge is 0.335 e. The van der Waals surface area contributed by atoms with Gasteiger partial charge in [-0.25, -0.2) is 9.59 Å². The molecule has 0 spiro atoms. The van der Waals surface area contributed by atoms with E-state index in [1.54, 1.807) is 0 Å². The zero-order valence-corrected chi connectivity index (χ0v) is 18.1. The van der Waals surface area contributed by atoms with Gasteiger partial charge in [0.05, 0.1) is 35.5 Å². The molecule has 2 aliphatic rings. The standard InChI is InChI=1S/C24H34O6/c1-3-5-7-9-19-21(29-19)13-17-15(23(25)26)11-12-16(24(27)28)18(17)14-22-20(30-22)10-8-6-4-2/h11-12,19-22H,3-10,13-14H2,1-2H3,(H,25,26)(H,27,28). The van der Waals surface area contributed by atoms with Crippen molar-refractivity contribution in [1.29, 1.82) is 0 Å². The molecule has 2 N–H and O–H groups in total. The van der Waals surface area contributed by atoms with E-state index in [0.717, 1.165) is 51.4 Å². The Morgan fingerprint density at radius 1 is 0.733 bits per heavy atom. The average molecular weight is 419 g/mol. The molecule has 6 heteroatoms. The van der Waals surface area contributed by atoms with Gasteiger partial charge < -0.3 is 19.7 Å². The summed E-state index contributed by atoms with van der Waals surface area (Å²) >= 11 is 0. The Hall–Kier alpha value is -1.92. The van der Waals surface area contributed by atoms with Crippen LogP contribution in [0.15, 0.2) is 12.1 Å². The molecule has 0 aliphatic carbocycles. The summed E-state index contributed by atoms with van der Waals surface area (Å²) in [5, 5.41) is 19.4. The summed E-state index contributed by atoms with van der Waals surface area (Å²) in [5.74, 6) is -2.05. The lowest BCUT2D eigenvalue weighted by Gasteiger charge is -2.14. The number of hydrogen-bond acceptors (Lipinski definition) is 4. The van der Waals surface area contributed by atoms with Gasteiger partial charge in [-0.2, -0.15) is 0 Å². The molecule has 30 heavy (non-hydrogen) atoms. The van der Waals surface area contributed by atoms with Crippen molar-refractivity contribution in [2.45, 2.75) is 102 Å². The van der Waals surface area contributed by atoms with Crippen molar-refractivity contribution in [2.24, 2.45) is 0 Å². The minimum Gasteiger partial charge on any atom is -0.478 e. The summed E-state index contributed by atoms with van der Waals surface area (Å²) in [6.45, 7) is 4.31. The number of carbonyl (C=O) groups is 2. The van der Waals surface area contributed by atoms with Gasteiger partial charge in [0.1, 0.15) is 0 Å². The quantitative estimate of drug-likeness (QED) is 0.330. The van der Waals surface area contributed by atoms with Crippen molar-refractivity contribution in [3.05, 3.63) is 34.4 Å². The lowest BCUT2D eigenvalue weighted by Crippen LogP contribution is -2.16. The highest BCUT2D eigenvalue weighted by atomic mass is 16.6. The van der Waals surface area contributed by atoms with Crippen LogP contribution in [0.5, 0.6) is 0 Å². The zero-order chi connectivity index (χ0) is 21.7. The molecule has 1 aromatic rings. The molecule has 166 valence electrons. The fraction of sp³-hybridized carbons (Fsp3) is 0.667. The summed E-state index contributed by atoms with van der Waals surface area (Å²) in [6, 6.07) is 2.84. The van der Waals surface area contributed by atoms with Crippen molar-refractivity contribution >= 4 is 11.9 Å². The first-order valence-corrected chi connectivity index (χ1v) is 11.4. The van der Waals surface area contributed by atoms with E-state index in [0.29, 0.717) is 24.0 Å². The van der Waals surface area contributed by atoms with Crippen molar-refractivity contribution in [3.63, 3.8) is 0 Å². The monoisotopic (exact) mass is 418 g/mol. The molecule has 3 rings (SSSR count). The van der Waals surface area contributed by atoms with Crippen LogP contribution in [0, 0.1) is 0 Å². The SMILES string of the molecule is CCCCCC1OC1Cc1c(C(=O)O)ccc(C(=O)O)c1CC1OC1CCCCC. The maximum atomic E-state index is 11.9. The van der Waals surface area contributed by atoms with Gasteiger partial charge in [-0.3, -0.25) is 0 Å². The molecule has 0 aromatic heterocycles. The van der Waals surface area contributed by atoms with Crippen LogP contribution in [0.2, 0.25) is 0 Å². The number of carboxylic acids is 2. The van der Waals surface area contributed by atoms with Crippen LogP contribution in [-0.2, 0) is 22.3 Å². The highest BCUT2D eigenvalue weighted by Gasteiger charge is 2.42.